The van der Waals surface area contributed by atoms with Crippen molar-refractivity contribution in [2.75, 3.05) is 6.61 Å². The zero-order valence-electron chi connectivity index (χ0n) is 14.5. The van der Waals surface area contributed by atoms with Crippen LogP contribution < -0.4 is 0 Å². The molecule has 0 atom stereocenters. The lowest BCUT2D eigenvalue weighted by atomic mass is 9.90. The summed E-state index contributed by atoms with van der Waals surface area (Å²) < 4.78 is 5.22. The highest BCUT2D eigenvalue weighted by atomic mass is 16.5. The molecule has 0 bridgehead atoms. The fourth-order valence-corrected chi connectivity index (χ4v) is 3.73. The molecule has 0 aliphatic rings. The van der Waals surface area contributed by atoms with Crippen molar-refractivity contribution < 1.29 is 9.53 Å². The Kier molecular flexibility index (Phi) is 3.89. The van der Waals surface area contributed by atoms with Crippen LogP contribution in [0.3, 0.4) is 0 Å². The number of rotatable bonds is 3. The predicted molar refractivity (Wildman–Crippen MR) is 104 cm³/mol. The first-order valence-corrected chi connectivity index (χ1v) is 8.67. The average molecular weight is 328 g/mol. The van der Waals surface area contributed by atoms with Crippen LogP contribution in [-0.2, 0) is 16.0 Å². The second-order valence-electron chi connectivity index (χ2n) is 6.38. The lowest BCUT2D eigenvalue weighted by molar-refractivity contribution is -0.142. The SMILES string of the molecule is CCOC(=O)Cc1c2ccccc2cc2c(C)c3ccccc3cc12. The van der Waals surface area contributed by atoms with Gasteiger partial charge in [-0.1, -0.05) is 48.5 Å². The zero-order chi connectivity index (χ0) is 17.4. The van der Waals surface area contributed by atoms with Crippen molar-refractivity contribution in [3.05, 3.63) is 71.8 Å². The Bertz CT molecular complexity index is 1110. The lowest BCUT2D eigenvalue weighted by Gasteiger charge is -2.15. The van der Waals surface area contributed by atoms with Crippen LogP contribution in [0.15, 0.2) is 60.7 Å². The van der Waals surface area contributed by atoms with E-state index in [1.165, 1.54) is 21.7 Å². The van der Waals surface area contributed by atoms with Gasteiger partial charge >= 0.3 is 5.97 Å². The normalized spacial score (nSPS) is 11.3. The van der Waals surface area contributed by atoms with Gasteiger partial charge < -0.3 is 4.74 Å². The van der Waals surface area contributed by atoms with Crippen LogP contribution in [0.4, 0.5) is 0 Å². The molecule has 0 saturated heterocycles. The summed E-state index contributed by atoms with van der Waals surface area (Å²) in [5.74, 6) is -0.175. The van der Waals surface area contributed by atoms with Crippen LogP contribution in [0.5, 0.6) is 0 Å². The van der Waals surface area contributed by atoms with E-state index >= 15 is 0 Å². The summed E-state index contributed by atoms with van der Waals surface area (Å²) in [6.07, 6.45) is 0.295. The first kappa shape index (κ1) is 15.6. The molecular formula is C23H20O2. The molecule has 0 spiro atoms. The average Bonchev–Trinajstić information content (AvgIpc) is 2.63. The third-order valence-electron chi connectivity index (χ3n) is 4.90. The molecule has 0 heterocycles. The first-order valence-electron chi connectivity index (χ1n) is 8.67. The third-order valence-corrected chi connectivity index (χ3v) is 4.90. The molecule has 25 heavy (non-hydrogen) atoms. The van der Waals surface area contributed by atoms with Gasteiger partial charge in [-0.25, -0.2) is 0 Å². The molecule has 124 valence electrons. The summed E-state index contributed by atoms with van der Waals surface area (Å²) >= 11 is 0. The Morgan fingerprint density at radius 3 is 2.16 bits per heavy atom. The summed E-state index contributed by atoms with van der Waals surface area (Å²) in [6.45, 7) is 4.41. The lowest BCUT2D eigenvalue weighted by Crippen LogP contribution is -2.08. The second-order valence-corrected chi connectivity index (χ2v) is 6.38. The number of benzene rings is 4. The number of fused-ring (bicyclic) bond motifs is 3. The Labute approximate surface area is 147 Å². The van der Waals surface area contributed by atoms with E-state index in [4.69, 9.17) is 4.74 Å². The topological polar surface area (TPSA) is 26.3 Å². The van der Waals surface area contributed by atoms with Gasteiger partial charge in [0.25, 0.3) is 0 Å². The molecule has 4 aromatic carbocycles. The van der Waals surface area contributed by atoms with Crippen LogP contribution >= 0.6 is 0 Å². The maximum absolute atomic E-state index is 12.2. The molecule has 0 unspecified atom stereocenters. The Morgan fingerprint density at radius 2 is 1.44 bits per heavy atom. The number of carbonyl (C=O) groups excluding carboxylic acids is 1. The van der Waals surface area contributed by atoms with E-state index in [0.717, 1.165) is 21.7 Å². The Hall–Kier alpha value is -2.87. The summed E-state index contributed by atoms with van der Waals surface area (Å²) in [5.41, 5.74) is 2.31. The van der Waals surface area contributed by atoms with Gasteiger partial charge in [0.15, 0.2) is 0 Å². The van der Waals surface area contributed by atoms with Crippen molar-refractivity contribution in [3.63, 3.8) is 0 Å². The molecule has 4 rings (SSSR count). The third kappa shape index (κ3) is 2.64. The maximum atomic E-state index is 12.2. The van der Waals surface area contributed by atoms with Crippen molar-refractivity contribution >= 4 is 38.3 Å². The standard InChI is InChI=1S/C23H20O2/c1-3-25-23(24)14-22-19-11-7-5-9-17(19)12-20-15(2)18-10-6-4-8-16(18)13-21(20)22/h4-13H,3,14H2,1-2H3. The molecule has 0 aliphatic carbocycles. The molecule has 0 N–H and O–H groups in total. The fraction of sp³-hybridized carbons (Fsp3) is 0.174. The highest BCUT2D eigenvalue weighted by Gasteiger charge is 2.15. The molecule has 2 nitrogen and oxygen atoms in total. The van der Waals surface area contributed by atoms with E-state index in [1.54, 1.807) is 0 Å². The van der Waals surface area contributed by atoms with Crippen molar-refractivity contribution in [2.45, 2.75) is 20.3 Å². The molecule has 0 amide bonds. The molecule has 4 aromatic rings. The molecule has 0 aromatic heterocycles. The second kappa shape index (κ2) is 6.21. The minimum atomic E-state index is -0.175. The van der Waals surface area contributed by atoms with Crippen LogP contribution in [0.2, 0.25) is 0 Å². The van der Waals surface area contributed by atoms with Crippen LogP contribution in [0.25, 0.3) is 32.3 Å². The Balaban J connectivity index is 2.11. The quantitative estimate of drug-likeness (QED) is 0.363. The van der Waals surface area contributed by atoms with Crippen molar-refractivity contribution in [1.82, 2.24) is 0 Å². The van der Waals surface area contributed by atoms with Crippen molar-refractivity contribution in [3.8, 4) is 0 Å². The van der Waals surface area contributed by atoms with Crippen LogP contribution in [-0.4, -0.2) is 12.6 Å². The number of carbonyl (C=O) groups is 1. The van der Waals surface area contributed by atoms with Crippen LogP contribution in [0, 0.1) is 6.92 Å². The summed E-state index contributed by atoms with van der Waals surface area (Å²) in [7, 11) is 0. The molecule has 0 fully saturated rings. The first-order chi connectivity index (χ1) is 12.2. The van der Waals surface area contributed by atoms with Gasteiger partial charge in [0, 0.05) is 0 Å². The number of ether oxygens (including phenoxy) is 1. The summed E-state index contributed by atoms with van der Waals surface area (Å²) in [5, 5.41) is 7.09. The van der Waals surface area contributed by atoms with Crippen LogP contribution in [0.1, 0.15) is 18.1 Å². The number of hydrogen-bond donors (Lipinski definition) is 0. The van der Waals surface area contributed by atoms with E-state index in [9.17, 15) is 4.79 Å². The minimum absolute atomic E-state index is 0.175. The molecular weight excluding hydrogens is 308 g/mol. The maximum Gasteiger partial charge on any atom is 0.310 e. The van der Waals surface area contributed by atoms with E-state index in [2.05, 4.69) is 55.5 Å². The van der Waals surface area contributed by atoms with E-state index in [0.29, 0.717) is 13.0 Å². The van der Waals surface area contributed by atoms with Gasteiger partial charge in [-0.15, -0.1) is 0 Å². The monoisotopic (exact) mass is 328 g/mol. The molecule has 0 saturated carbocycles. The van der Waals surface area contributed by atoms with Gasteiger partial charge in [-0.2, -0.15) is 0 Å². The smallest absolute Gasteiger partial charge is 0.310 e. The molecule has 0 radical (unpaired) electrons. The van der Waals surface area contributed by atoms with E-state index in [-0.39, 0.29) is 5.97 Å². The van der Waals surface area contributed by atoms with E-state index in [1.807, 2.05) is 19.1 Å². The Morgan fingerprint density at radius 1 is 0.840 bits per heavy atom. The highest BCUT2D eigenvalue weighted by molar-refractivity contribution is 6.10. The van der Waals surface area contributed by atoms with Gasteiger partial charge in [0.1, 0.15) is 0 Å². The van der Waals surface area contributed by atoms with E-state index < -0.39 is 0 Å². The highest BCUT2D eigenvalue weighted by Crippen LogP contribution is 2.35. The van der Waals surface area contributed by atoms with Gasteiger partial charge in [-0.05, 0) is 69.4 Å². The number of hydrogen-bond acceptors (Lipinski definition) is 2. The fourth-order valence-electron chi connectivity index (χ4n) is 3.73. The van der Waals surface area contributed by atoms with Crippen molar-refractivity contribution in [1.29, 1.82) is 0 Å². The number of esters is 1. The van der Waals surface area contributed by atoms with Gasteiger partial charge in [0.05, 0.1) is 13.0 Å². The summed E-state index contributed by atoms with van der Waals surface area (Å²) in [6, 6.07) is 21.1. The minimum Gasteiger partial charge on any atom is -0.466 e. The van der Waals surface area contributed by atoms with Gasteiger partial charge in [0.2, 0.25) is 0 Å². The predicted octanol–water partition coefficient (Wildman–Crippen LogP) is 5.56. The number of aryl methyl sites for hydroxylation is 1. The molecule has 2 heteroatoms. The molecule has 0 aliphatic heterocycles. The van der Waals surface area contributed by atoms with Gasteiger partial charge in [-0.3, -0.25) is 4.79 Å². The zero-order valence-corrected chi connectivity index (χ0v) is 14.5. The largest absolute Gasteiger partial charge is 0.466 e. The summed E-state index contributed by atoms with van der Waals surface area (Å²) in [4.78, 5) is 12.2. The van der Waals surface area contributed by atoms with Crippen molar-refractivity contribution in [2.24, 2.45) is 0 Å².